The van der Waals surface area contributed by atoms with Gasteiger partial charge in [-0.3, -0.25) is 9.69 Å². The number of rotatable bonds is 3. The van der Waals surface area contributed by atoms with Gasteiger partial charge in [0.15, 0.2) is 5.13 Å². The summed E-state index contributed by atoms with van der Waals surface area (Å²) in [4.78, 5) is 20.1. The minimum atomic E-state index is 0.0477. The monoisotopic (exact) mass is 294 g/mol. The van der Waals surface area contributed by atoms with Crippen molar-refractivity contribution in [3.8, 4) is 0 Å². The lowest BCUT2D eigenvalue weighted by Crippen LogP contribution is -2.43. The van der Waals surface area contributed by atoms with Crippen LogP contribution >= 0.6 is 11.3 Å². The topological polar surface area (TPSA) is 71.2 Å². The lowest BCUT2D eigenvalue weighted by atomic mass is 10.0. The maximum absolute atomic E-state index is 12.1. The van der Waals surface area contributed by atoms with Gasteiger partial charge in [0.05, 0.1) is 12.2 Å². The number of hydrogen-bond acceptors (Lipinski definition) is 5. The van der Waals surface area contributed by atoms with Gasteiger partial charge < -0.3 is 11.1 Å². The quantitative estimate of drug-likeness (QED) is 0.883. The number of nitrogens with two attached hydrogens (primary N) is 1. The number of aromatic nitrogens is 1. The van der Waals surface area contributed by atoms with E-state index in [1.54, 1.807) is 11.3 Å². The fourth-order valence-electron chi connectivity index (χ4n) is 2.88. The molecule has 1 aromatic heterocycles. The molecule has 0 unspecified atom stereocenters. The van der Waals surface area contributed by atoms with Crippen molar-refractivity contribution in [2.45, 2.75) is 44.6 Å². The van der Waals surface area contributed by atoms with E-state index in [2.05, 4.69) is 15.2 Å². The Labute approximate surface area is 123 Å². The molecule has 20 heavy (non-hydrogen) atoms. The molecule has 1 aromatic rings. The summed E-state index contributed by atoms with van der Waals surface area (Å²) in [7, 11) is 0. The van der Waals surface area contributed by atoms with Crippen LogP contribution in [0.1, 0.15) is 36.3 Å². The van der Waals surface area contributed by atoms with Crippen LogP contribution in [0.4, 0.5) is 5.13 Å². The Morgan fingerprint density at radius 2 is 2.10 bits per heavy atom. The third-order valence-electron chi connectivity index (χ3n) is 4.09. The highest BCUT2D eigenvalue weighted by molar-refractivity contribution is 7.15. The van der Waals surface area contributed by atoms with E-state index < -0.39 is 0 Å². The van der Waals surface area contributed by atoms with Gasteiger partial charge in [-0.25, -0.2) is 4.98 Å². The first-order valence-electron chi connectivity index (χ1n) is 7.47. The van der Waals surface area contributed by atoms with Crippen LogP contribution in [0.2, 0.25) is 0 Å². The van der Waals surface area contributed by atoms with Crippen LogP contribution < -0.4 is 11.1 Å². The zero-order valence-electron chi connectivity index (χ0n) is 11.7. The Morgan fingerprint density at radius 3 is 2.85 bits per heavy atom. The van der Waals surface area contributed by atoms with Gasteiger partial charge in [0.1, 0.15) is 0 Å². The third-order valence-corrected chi connectivity index (χ3v) is 5.16. The molecule has 1 amide bonds. The van der Waals surface area contributed by atoms with Gasteiger partial charge in [0, 0.05) is 24.0 Å². The molecule has 5 nitrogen and oxygen atoms in total. The average Bonchev–Trinajstić information content (AvgIpc) is 2.83. The van der Waals surface area contributed by atoms with Crippen molar-refractivity contribution >= 4 is 22.4 Å². The molecule has 0 atom stereocenters. The molecular weight excluding hydrogens is 272 g/mol. The fourth-order valence-corrected chi connectivity index (χ4v) is 3.94. The van der Waals surface area contributed by atoms with Crippen LogP contribution in [-0.2, 0) is 17.6 Å². The Kier molecular flexibility index (Phi) is 4.33. The van der Waals surface area contributed by atoms with Crippen LogP contribution in [0.3, 0.4) is 0 Å². The molecule has 1 aliphatic heterocycles. The van der Waals surface area contributed by atoms with E-state index in [1.807, 2.05) is 0 Å². The summed E-state index contributed by atoms with van der Waals surface area (Å²) in [5, 5.41) is 3.73. The first-order chi connectivity index (χ1) is 9.70. The van der Waals surface area contributed by atoms with Crippen molar-refractivity contribution in [1.82, 2.24) is 9.88 Å². The van der Waals surface area contributed by atoms with Crippen LogP contribution in [0.5, 0.6) is 0 Å². The number of carbonyl (C=O) groups excluding carboxylic acids is 1. The van der Waals surface area contributed by atoms with Crippen LogP contribution in [-0.4, -0.2) is 41.5 Å². The predicted octanol–water partition coefficient (Wildman–Crippen LogP) is 1.38. The van der Waals surface area contributed by atoms with Gasteiger partial charge in [-0.15, -0.1) is 11.3 Å². The maximum Gasteiger partial charge on any atom is 0.240 e. The molecule has 1 fully saturated rings. The smallest absolute Gasteiger partial charge is 0.240 e. The lowest BCUT2D eigenvalue weighted by Gasteiger charge is -2.29. The number of likely N-dealkylation sites (tertiary alicyclic amines) is 1. The van der Waals surface area contributed by atoms with E-state index in [0.717, 1.165) is 43.9 Å². The molecule has 1 saturated heterocycles. The van der Waals surface area contributed by atoms with Crippen molar-refractivity contribution in [3.63, 3.8) is 0 Å². The fraction of sp³-hybridized carbons (Fsp3) is 0.714. The molecule has 2 aliphatic rings. The van der Waals surface area contributed by atoms with Crippen LogP contribution in [0.25, 0.3) is 0 Å². The lowest BCUT2D eigenvalue weighted by molar-refractivity contribution is -0.117. The molecular formula is C14H22N4OS. The van der Waals surface area contributed by atoms with E-state index in [4.69, 9.17) is 5.73 Å². The number of aryl methyl sites for hydroxylation is 2. The zero-order chi connectivity index (χ0) is 13.9. The maximum atomic E-state index is 12.1. The van der Waals surface area contributed by atoms with E-state index in [9.17, 15) is 4.79 Å². The number of fused-ring (bicyclic) bond motifs is 1. The molecule has 0 saturated carbocycles. The number of nitrogens with zero attached hydrogens (tertiary/aromatic N) is 2. The minimum Gasteiger partial charge on any atom is -0.328 e. The van der Waals surface area contributed by atoms with Crippen molar-refractivity contribution in [1.29, 1.82) is 0 Å². The van der Waals surface area contributed by atoms with Gasteiger partial charge in [-0.2, -0.15) is 0 Å². The molecule has 3 N–H and O–H groups in total. The highest BCUT2D eigenvalue weighted by atomic mass is 32.1. The van der Waals surface area contributed by atoms with Crippen molar-refractivity contribution in [2.75, 3.05) is 25.0 Å². The minimum absolute atomic E-state index is 0.0477. The van der Waals surface area contributed by atoms with Crippen LogP contribution in [0, 0.1) is 0 Å². The summed E-state index contributed by atoms with van der Waals surface area (Å²) in [6, 6.07) is 0.306. The largest absolute Gasteiger partial charge is 0.328 e. The number of carbonyl (C=O) groups is 1. The molecule has 0 spiro atoms. The van der Waals surface area contributed by atoms with Gasteiger partial charge in [-0.1, -0.05) is 0 Å². The molecule has 0 aromatic carbocycles. The molecule has 2 heterocycles. The molecule has 6 heteroatoms. The Bertz CT molecular complexity index is 456. The summed E-state index contributed by atoms with van der Waals surface area (Å²) in [5.74, 6) is 0.0477. The van der Waals surface area contributed by atoms with Crippen LogP contribution in [0.15, 0.2) is 0 Å². The average molecular weight is 294 g/mol. The Morgan fingerprint density at radius 1 is 1.35 bits per heavy atom. The summed E-state index contributed by atoms with van der Waals surface area (Å²) in [5.41, 5.74) is 7.07. The number of hydrogen-bond donors (Lipinski definition) is 2. The molecule has 1 aliphatic carbocycles. The normalized spacial score (nSPS) is 20.6. The summed E-state index contributed by atoms with van der Waals surface area (Å²) in [6.07, 6.45) is 6.62. The highest BCUT2D eigenvalue weighted by Gasteiger charge is 2.20. The number of piperidine rings is 1. The number of nitrogens with one attached hydrogen (secondary N) is 1. The molecule has 110 valence electrons. The van der Waals surface area contributed by atoms with Crippen molar-refractivity contribution in [2.24, 2.45) is 5.73 Å². The zero-order valence-corrected chi connectivity index (χ0v) is 12.5. The number of amides is 1. The third kappa shape index (κ3) is 3.37. The van der Waals surface area contributed by atoms with Gasteiger partial charge >= 0.3 is 0 Å². The highest BCUT2D eigenvalue weighted by Crippen LogP contribution is 2.29. The second-order valence-corrected chi connectivity index (χ2v) is 6.84. The molecule has 3 rings (SSSR count). The first-order valence-corrected chi connectivity index (χ1v) is 8.29. The number of thiazole rings is 1. The van der Waals surface area contributed by atoms with Crippen molar-refractivity contribution < 1.29 is 4.79 Å². The standard InChI is InChI=1S/C14H22N4OS/c15-10-5-7-18(8-6-10)9-13(19)17-14-16-11-3-1-2-4-12(11)20-14/h10H,1-9,15H2,(H,16,17,19). The van der Waals surface area contributed by atoms with Gasteiger partial charge in [-0.05, 0) is 38.5 Å². The second-order valence-electron chi connectivity index (χ2n) is 5.76. The first kappa shape index (κ1) is 14.0. The Balaban J connectivity index is 1.52. The van der Waals surface area contributed by atoms with E-state index in [0.29, 0.717) is 12.6 Å². The number of anilines is 1. The molecule has 0 radical (unpaired) electrons. The molecule has 0 bridgehead atoms. The van der Waals surface area contributed by atoms with Gasteiger partial charge in [0.2, 0.25) is 5.91 Å². The van der Waals surface area contributed by atoms with E-state index >= 15 is 0 Å². The van der Waals surface area contributed by atoms with E-state index in [-0.39, 0.29) is 5.91 Å². The van der Waals surface area contributed by atoms with Gasteiger partial charge in [0.25, 0.3) is 0 Å². The summed E-state index contributed by atoms with van der Waals surface area (Å²) < 4.78 is 0. The van der Waals surface area contributed by atoms with E-state index in [1.165, 1.54) is 23.4 Å². The SMILES string of the molecule is NC1CCN(CC(=O)Nc2nc3c(s2)CCCC3)CC1. The second kappa shape index (κ2) is 6.20. The predicted molar refractivity (Wildman–Crippen MR) is 81.0 cm³/mol. The summed E-state index contributed by atoms with van der Waals surface area (Å²) >= 11 is 1.64. The Hall–Kier alpha value is -0.980. The summed E-state index contributed by atoms with van der Waals surface area (Å²) in [6.45, 7) is 2.29. The van der Waals surface area contributed by atoms with Crippen molar-refractivity contribution in [3.05, 3.63) is 10.6 Å².